The van der Waals surface area contributed by atoms with Gasteiger partial charge in [0, 0.05) is 26.2 Å². The van der Waals surface area contributed by atoms with Crippen molar-refractivity contribution in [3.63, 3.8) is 0 Å². The molecule has 0 aromatic carbocycles. The van der Waals surface area contributed by atoms with Gasteiger partial charge < -0.3 is 19.3 Å². The zero-order valence-electron chi connectivity index (χ0n) is 13.5. The van der Waals surface area contributed by atoms with Gasteiger partial charge in [-0.05, 0) is 26.3 Å². The van der Waals surface area contributed by atoms with Crippen molar-refractivity contribution < 1.29 is 19.1 Å². The molecule has 0 radical (unpaired) electrons. The Bertz CT molecular complexity index is 434. The second-order valence-corrected chi connectivity index (χ2v) is 6.64. The fourth-order valence-corrected chi connectivity index (χ4v) is 3.83. The average Bonchev–Trinajstić information content (AvgIpc) is 3.13. The average molecular weight is 310 g/mol. The molecule has 3 saturated heterocycles. The Kier molecular flexibility index (Phi) is 4.68. The van der Waals surface area contributed by atoms with E-state index in [2.05, 4.69) is 11.9 Å². The van der Waals surface area contributed by atoms with Crippen molar-refractivity contribution in [3.8, 4) is 0 Å². The molecule has 3 heterocycles. The molecule has 1 amide bonds. The van der Waals surface area contributed by atoms with Crippen LogP contribution in [0.4, 0.5) is 0 Å². The molecule has 0 N–H and O–H groups in total. The van der Waals surface area contributed by atoms with Crippen molar-refractivity contribution in [3.05, 3.63) is 0 Å². The van der Waals surface area contributed by atoms with Gasteiger partial charge in [-0.1, -0.05) is 6.92 Å². The lowest BCUT2D eigenvalue weighted by Gasteiger charge is -2.36. The van der Waals surface area contributed by atoms with E-state index in [0.717, 1.165) is 45.4 Å². The number of fused-ring (bicyclic) bond motifs is 2. The maximum absolute atomic E-state index is 12.9. The molecule has 124 valence electrons. The number of amides is 1. The topological polar surface area (TPSA) is 59.1 Å². The summed E-state index contributed by atoms with van der Waals surface area (Å²) in [6, 6.07) is 0. The minimum Gasteiger partial charge on any atom is -0.465 e. The second kappa shape index (κ2) is 6.54. The smallest absolute Gasteiger partial charge is 0.312 e. The third-order valence-corrected chi connectivity index (χ3v) is 5.09. The van der Waals surface area contributed by atoms with Crippen LogP contribution in [0.1, 0.15) is 26.2 Å². The molecule has 3 rings (SSSR count). The number of carbonyl (C=O) groups excluding carboxylic acids is 2. The van der Waals surface area contributed by atoms with Crippen LogP contribution in [-0.2, 0) is 19.1 Å². The van der Waals surface area contributed by atoms with Crippen molar-refractivity contribution in [1.82, 2.24) is 9.80 Å². The van der Waals surface area contributed by atoms with Crippen LogP contribution in [0.2, 0.25) is 0 Å². The highest BCUT2D eigenvalue weighted by atomic mass is 16.5. The molecule has 0 aliphatic carbocycles. The summed E-state index contributed by atoms with van der Waals surface area (Å²) >= 11 is 0. The number of likely N-dealkylation sites (N-methyl/N-ethyl adjacent to an activating group) is 1. The maximum atomic E-state index is 12.9. The van der Waals surface area contributed by atoms with Crippen LogP contribution in [0, 0.1) is 11.8 Å². The van der Waals surface area contributed by atoms with Crippen molar-refractivity contribution >= 4 is 11.9 Å². The number of piperazine rings is 1. The maximum Gasteiger partial charge on any atom is 0.312 e. The van der Waals surface area contributed by atoms with Crippen LogP contribution < -0.4 is 0 Å². The van der Waals surface area contributed by atoms with Crippen LogP contribution in [0.15, 0.2) is 0 Å². The third-order valence-electron chi connectivity index (χ3n) is 5.09. The molecular weight excluding hydrogens is 284 g/mol. The lowest BCUT2D eigenvalue weighted by Crippen LogP contribution is -2.52. The summed E-state index contributed by atoms with van der Waals surface area (Å²) in [5.74, 6) is -0.913. The minimum absolute atomic E-state index is 0.0822. The summed E-state index contributed by atoms with van der Waals surface area (Å²) in [4.78, 5) is 29.4. The van der Waals surface area contributed by atoms with Crippen LogP contribution in [-0.4, -0.2) is 73.7 Å². The summed E-state index contributed by atoms with van der Waals surface area (Å²) in [6.45, 7) is 5.64. The van der Waals surface area contributed by atoms with Gasteiger partial charge in [0.2, 0.25) is 5.91 Å². The zero-order chi connectivity index (χ0) is 15.7. The monoisotopic (exact) mass is 310 g/mol. The van der Waals surface area contributed by atoms with Gasteiger partial charge in [0.05, 0.1) is 30.7 Å². The predicted octanol–water partition coefficient (Wildman–Crippen LogP) is 0.507. The number of rotatable bonds is 4. The molecule has 0 aromatic heterocycles. The molecule has 0 saturated carbocycles. The zero-order valence-corrected chi connectivity index (χ0v) is 13.5. The first-order valence-corrected chi connectivity index (χ1v) is 8.41. The molecule has 6 nitrogen and oxygen atoms in total. The van der Waals surface area contributed by atoms with Gasteiger partial charge >= 0.3 is 5.97 Å². The van der Waals surface area contributed by atoms with Gasteiger partial charge in [-0.15, -0.1) is 0 Å². The summed E-state index contributed by atoms with van der Waals surface area (Å²) in [5.41, 5.74) is 0. The van der Waals surface area contributed by atoms with Crippen LogP contribution in [0.3, 0.4) is 0 Å². The SMILES string of the molecule is CCCOC(=O)C1C2CCC(O2)C1C(=O)N1CCN(C)CC1. The summed E-state index contributed by atoms with van der Waals surface area (Å²) < 4.78 is 11.2. The number of ether oxygens (including phenoxy) is 2. The molecule has 0 aromatic rings. The highest BCUT2D eigenvalue weighted by Gasteiger charge is 2.56. The number of hydrogen-bond acceptors (Lipinski definition) is 5. The summed E-state index contributed by atoms with van der Waals surface area (Å²) in [7, 11) is 2.06. The molecule has 4 unspecified atom stereocenters. The molecule has 3 aliphatic rings. The number of carbonyl (C=O) groups is 2. The van der Waals surface area contributed by atoms with E-state index in [1.165, 1.54) is 0 Å². The first-order chi connectivity index (χ1) is 10.6. The predicted molar refractivity (Wildman–Crippen MR) is 80.2 cm³/mol. The van der Waals surface area contributed by atoms with Crippen LogP contribution in [0.25, 0.3) is 0 Å². The van der Waals surface area contributed by atoms with Gasteiger partial charge in [0.1, 0.15) is 0 Å². The van der Waals surface area contributed by atoms with Crippen molar-refractivity contribution in [2.24, 2.45) is 11.8 Å². The van der Waals surface area contributed by atoms with Crippen molar-refractivity contribution in [1.29, 1.82) is 0 Å². The van der Waals surface area contributed by atoms with E-state index in [0.29, 0.717) is 6.61 Å². The standard InChI is InChI=1S/C16H26N2O4/c1-3-10-21-16(20)14-12-5-4-11(22-12)13(14)15(19)18-8-6-17(2)7-9-18/h11-14H,3-10H2,1-2H3. The Balaban J connectivity index is 1.69. The van der Waals surface area contributed by atoms with E-state index in [1.54, 1.807) is 0 Å². The Labute approximate surface area is 131 Å². The number of nitrogens with zero attached hydrogens (tertiary/aromatic N) is 2. The Morgan fingerprint density at radius 1 is 1.09 bits per heavy atom. The van der Waals surface area contributed by atoms with Gasteiger partial charge in [0.15, 0.2) is 0 Å². The first kappa shape index (κ1) is 15.7. The van der Waals surface area contributed by atoms with Gasteiger partial charge in [-0.3, -0.25) is 9.59 Å². The molecule has 3 fully saturated rings. The quantitative estimate of drug-likeness (QED) is 0.708. The summed E-state index contributed by atoms with van der Waals surface area (Å²) in [6.07, 6.45) is 2.31. The van der Waals surface area contributed by atoms with E-state index in [1.807, 2.05) is 11.8 Å². The normalized spacial score (nSPS) is 34.9. The minimum atomic E-state index is -0.405. The third kappa shape index (κ3) is 2.86. The van der Waals surface area contributed by atoms with Gasteiger partial charge in [-0.2, -0.15) is 0 Å². The van der Waals surface area contributed by atoms with Gasteiger partial charge in [-0.25, -0.2) is 0 Å². The first-order valence-electron chi connectivity index (χ1n) is 8.41. The van der Waals surface area contributed by atoms with Crippen LogP contribution >= 0.6 is 0 Å². The molecule has 6 heteroatoms. The lowest BCUT2D eigenvalue weighted by atomic mass is 9.78. The summed E-state index contributed by atoms with van der Waals surface area (Å²) in [5, 5.41) is 0. The van der Waals surface area contributed by atoms with Crippen molar-refractivity contribution in [2.75, 3.05) is 39.8 Å². The molecule has 3 aliphatic heterocycles. The molecule has 2 bridgehead atoms. The Morgan fingerprint density at radius 3 is 2.36 bits per heavy atom. The van der Waals surface area contributed by atoms with Crippen molar-refractivity contribution in [2.45, 2.75) is 38.4 Å². The van der Waals surface area contributed by atoms with E-state index in [-0.39, 0.29) is 30.0 Å². The van der Waals surface area contributed by atoms with Gasteiger partial charge in [0.25, 0.3) is 0 Å². The fourth-order valence-electron chi connectivity index (χ4n) is 3.83. The van der Waals surface area contributed by atoms with E-state index < -0.39 is 5.92 Å². The fraction of sp³-hybridized carbons (Fsp3) is 0.875. The molecule has 4 atom stereocenters. The lowest BCUT2D eigenvalue weighted by molar-refractivity contribution is -0.156. The number of esters is 1. The Hall–Kier alpha value is -1.14. The second-order valence-electron chi connectivity index (χ2n) is 6.64. The molecular formula is C16H26N2O4. The van der Waals surface area contributed by atoms with E-state index >= 15 is 0 Å². The Morgan fingerprint density at radius 2 is 1.73 bits per heavy atom. The molecule has 0 spiro atoms. The highest BCUT2D eigenvalue weighted by Crippen LogP contribution is 2.45. The molecule has 22 heavy (non-hydrogen) atoms. The van der Waals surface area contributed by atoms with E-state index in [9.17, 15) is 9.59 Å². The highest BCUT2D eigenvalue weighted by molar-refractivity contribution is 5.87. The van der Waals surface area contributed by atoms with Crippen LogP contribution in [0.5, 0.6) is 0 Å². The van der Waals surface area contributed by atoms with E-state index in [4.69, 9.17) is 9.47 Å². The largest absolute Gasteiger partial charge is 0.465 e. The number of hydrogen-bond donors (Lipinski definition) is 0.